The molecule has 4 rings (SSSR count). The zero-order chi connectivity index (χ0) is 23.4. The van der Waals surface area contributed by atoms with Crippen LogP contribution < -0.4 is 14.8 Å². The lowest BCUT2D eigenvalue weighted by Gasteiger charge is -2.30. The molecule has 1 aromatic heterocycles. The van der Waals surface area contributed by atoms with Crippen LogP contribution >= 0.6 is 11.5 Å². The molecule has 172 valence electrons. The average Bonchev–Trinajstić information content (AvgIpc) is 3.17. The van der Waals surface area contributed by atoms with Gasteiger partial charge in [-0.2, -0.15) is 4.37 Å². The van der Waals surface area contributed by atoms with E-state index in [4.69, 9.17) is 9.47 Å². The van der Waals surface area contributed by atoms with Crippen molar-refractivity contribution in [1.82, 2.24) is 14.3 Å². The summed E-state index contributed by atoms with van der Waals surface area (Å²) >= 11 is 1.09. The number of ether oxygens (including phenoxy) is 2. The Morgan fingerprint density at radius 2 is 1.85 bits per heavy atom. The van der Waals surface area contributed by atoms with Gasteiger partial charge in [-0.25, -0.2) is 4.98 Å². The van der Waals surface area contributed by atoms with Crippen molar-refractivity contribution < 1.29 is 24.2 Å². The summed E-state index contributed by atoms with van der Waals surface area (Å²) in [6.07, 6.45) is 0.572. The Bertz CT molecular complexity index is 1140. The number of aliphatic hydroxyl groups excluding tert-OH is 1. The lowest BCUT2D eigenvalue weighted by Crippen LogP contribution is -2.41. The van der Waals surface area contributed by atoms with Crippen LogP contribution in [-0.2, 0) is 0 Å². The van der Waals surface area contributed by atoms with Gasteiger partial charge in [-0.1, -0.05) is 0 Å². The topological polar surface area (TPSA) is 114 Å². The Labute approximate surface area is 195 Å². The first-order valence-corrected chi connectivity index (χ1v) is 11.3. The van der Waals surface area contributed by atoms with Gasteiger partial charge in [0.15, 0.2) is 0 Å². The van der Waals surface area contributed by atoms with Crippen LogP contribution in [-0.4, -0.2) is 57.0 Å². The highest BCUT2D eigenvalue weighted by Gasteiger charge is 2.21. The fraction of sp³-hybridized carbons (Fsp3) is 0.304. The predicted molar refractivity (Wildman–Crippen MR) is 123 cm³/mol. The van der Waals surface area contributed by atoms with Crippen molar-refractivity contribution in [1.29, 1.82) is 0 Å². The second-order valence-electron chi connectivity index (χ2n) is 7.68. The van der Waals surface area contributed by atoms with E-state index in [1.165, 1.54) is 0 Å². The van der Waals surface area contributed by atoms with Crippen LogP contribution in [0.2, 0.25) is 0 Å². The molecule has 0 spiro atoms. The highest BCUT2D eigenvalue weighted by atomic mass is 32.1. The number of carbonyl (C=O) groups is 2. The number of aliphatic hydroxyl groups is 1. The van der Waals surface area contributed by atoms with Crippen molar-refractivity contribution in [2.75, 3.05) is 25.0 Å². The second kappa shape index (κ2) is 9.97. The normalized spacial score (nSPS) is 13.7. The molecule has 1 aliphatic rings. The van der Waals surface area contributed by atoms with Gasteiger partial charge in [0.1, 0.15) is 29.2 Å². The smallest absolute Gasteiger partial charge is 0.257 e. The minimum absolute atomic E-state index is 0.00654. The zero-order valence-electron chi connectivity index (χ0n) is 18.3. The molecule has 2 amide bonds. The number of aromatic nitrogens is 2. The fourth-order valence-electron chi connectivity index (χ4n) is 3.12. The van der Waals surface area contributed by atoms with Crippen LogP contribution in [0.4, 0.5) is 5.13 Å². The summed E-state index contributed by atoms with van der Waals surface area (Å²) in [5.41, 5.74) is 0.897. The standard InChI is InChI=1S/C23H24N4O5S/c1-14(13-28)31-19-10-17(21(29)25-23-24-15(2)26-33-23)11-20(12-19)32-18-6-4-16(5-7-18)22(30)27-8-3-9-27/h4-7,10-12,14,28H,3,8-9,13H2,1-2H3,(H,24,25,26,29)/t14-/m0/s1. The summed E-state index contributed by atoms with van der Waals surface area (Å²) in [5.74, 6) is 1.44. The zero-order valence-corrected chi connectivity index (χ0v) is 19.1. The second-order valence-corrected chi connectivity index (χ2v) is 8.43. The molecule has 33 heavy (non-hydrogen) atoms. The Kier molecular flexibility index (Phi) is 6.85. The SMILES string of the molecule is Cc1nsc(NC(=O)c2cc(Oc3ccc(C(=O)N4CCC4)cc3)cc(O[C@@H](C)CO)c2)n1. The molecule has 2 N–H and O–H groups in total. The summed E-state index contributed by atoms with van der Waals surface area (Å²) in [7, 11) is 0. The molecule has 0 aliphatic carbocycles. The van der Waals surface area contributed by atoms with E-state index in [0.29, 0.717) is 39.3 Å². The van der Waals surface area contributed by atoms with E-state index >= 15 is 0 Å². The summed E-state index contributed by atoms with van der Waals surface area (Å²) < 4.78 is 15.7. The quantitative estimate of drug-likeness (QED) is 0.520. The van der Waals surface area contributed by atoms with Crippen LogP contribution in [0.1, 0.15) is 39.9 Å². The molecule has 0 saturated carbocycles. The number of hydrogen-bond donors (Lipinski definition) is 2. The number of benzene rings is 2. The third-order valence-corrected chi connectivity index (χ3v) is 5.69. The largest absolute Gasteiger partial charge is 0.488 e. The number of aryl methyl sites for hydroxylation is 1. The van der Waals surface area contributed by atoms with Gasteiger partial charge < -0.3 is 19.5 Å². The Morgan fingerprint density at radius 1 is 1.12 bits per heavy atom. The maximum atomic E-state index is 12.8. The van der Waals surface area contributed by atoms with Crippen LogP contribution in [0.3, 0.4) is 0 Å². The first kappa shape index (κ1) is 22.7. The van der Waals surface area contributed by atoms with Crippen LogP contribution in [0.5, 0.6) is 17.2 Å². The van der Waals surface area contributed by atoms with E-state index in [1.807, 2.05) is 0 Å². The Balaban J connectivity index is 1.54. The van der Waals surface area contributed by atoms with Crippen molar-refractivity contribution in [3.05, 3.63) is 59.4 Å². The monoisotopic (exact) mass is 468 g/mol. The lowest BCUT2D eigenvalue weighted by atomic mass is 10.1. The number of hydrogen-bond acceptors (Lipinski definition) is 8. The molecule has 2 heterocycles. The van der Waals surface area contributed by atoms with Crippen molar-refractivity contribution in [3.63, 3.8) is 0 Å². The van der Waals surface area contributed by atoms with Gasteiger partial charge >= 0.3 is 0 Å². The molecule has 1 atom stereocenters. The summed E-state index contributed by atoms with van der Waals surface area (Å²) in [6.45, 7) is 4.86. The average molecular weight is 469 g/mol. The molecule has 0 unspecified atom stereocenters. The molecule has 10 heteroatoms. The molecule has 9 nitrogen and oxygen atoms in total. The summed E-state index contributed by atoms with van der Waals surface area (Å²) in [5, 5.41) is 12.4. The van der Waals surface area contributed by atoms with Crippen LogP contribution in [0.15, 0.2) is 42.5 Å². The number of amides is 2. The third-order valence-electron chi connectivity index (χ3n) is 4.96. The molecular formula is C23H24N4O5S. The van der Waals surface area contributed by atoms with Gasteiger partial charge in [0.05, 0.1) is 6.61 Å². The Hall–Kier alpha value is -3.50. The lowest BCUT2D eigenvalue weighted by molar-refractivity contribution is 0.0651. The van der Waals surface area contributed by atoms with E-state index in [2.05, 4.69) is 14.7 Å². The maximum Gasteiger partial charge on any atom is 0.257 e. The van der Waals surface area contributed by atoms with Crippen molar-refractivity contribution in [2.24, 2.45) is 0 Å². The third kappa shape index (κ3) is 5.65. The number of carbonyl (C=O) groups excluding carboxylic acids is 2. The van der Waals surface area contributed by atoms with Crippen LogP contribution in [0, 0.1) is 6.92 Å². The maximum absolute atomic E-state index is 12.8. The fourth-order valence-corrected chi connectivity index (χ4v) is 3.69. The van der Waals surface area contributed by atoms with E-state index in [1.54, 1.807) is 61.2 Å². The van der Waals surface area contributed by atoms with E-state index in [0.717, 1.165) is 31.0 Å². The first-order valence-electron chi connectivity index (χ1n) is 10.5. The molecular weight excluding hydrogens is 444 g/mol. The van der Waals surface area contributed by atoms with Gasteiger partial charge in [0, 0.05) is 41.8 Å². The molecule has 1 fully saturated rings. The minimum Gasteiger partial charge on any atom is -0.488 e. The molecule has 1 aliphatic heterocycles. The van der Waals surface area contributed by atoms with E-state index in [9.17, 15) is 14.7 Å². The van der Waals surface area contributed by atoms with E-state index < -0.39 is 12.0 Å². The molecule has 2 aromatic carbocycles. The molecule has 3 aromatic rings. The van der Waals surface area contributed by atoms with Gasteiger partial charge in [-0.3, -0.25) is 14.9 Å². The highest BCUT2D eigenvalue weighted by Crippen LogP contribution is 2.29. The highest BCUT2D eigenvalue weighted by molar-refractivity contribution is 7.09. The van der Waals surface area contributed by atoms with Crippen molar-refractivity contribution in [3.8, 4) is 17.2 Å². The minimum atomic E-state index is -0.464. The number of nitrogens with zero attached hydrogens (tertiary/aromatic N) is 3. The number of anilines is 1. The molecule has 0 radical (unpaired) electrons. The van der Waals surface area contributed by atoms with Gasteiger partial charge in [0.2, 0.25) is 5.13 Å². The summed E-state index contributed by atoms with van der Waals surface area (Å²) in [4.78, 5) is 31.1. The van der Waals surface area contributed by atoms with Crippen LogP contribution in [0.25, 0.3) is 0 Å². The number of rotatable bonds is 8. The first-order chi connectivity index (χ1) is 15.9. The van der Waals surface area contributed by atoms with Crippen molar-refractivity contribution in [2.45, 2.75) is 26.4 Å². The molecule has 0 bridgehead atoms. The Morgan fingerprint density at radius 3 is 2.45 bits per heavy atom. The number of likely N-dealkylation sites (tertiary alicyclic amines) is 1. The van der Waals surface area contributed by atoms with Gasteiger partial charge in [0.25, 0.3) is 11.8 Å². The number of nitrogens with one attached hydrogen (secondary N) is 1. The van der Waals surface area contributed by atoms with Crippen molar-refractivity contribution >= 4 is 28.5 Å². The predicted octanol–water partition coefficient (Wildman–Crippen LogP) is 3.50. The van der Waals surface area contributed by atoms with Gasteiger partial charge in [-0.15, -0.1) is 0 Å². The molecule has 1 saturated heterocycles. The summed E-state index contributed by atoms with van der Waals surface area (Å²) in [6, 6.07) is 11.6. The van der Waals surface area contributed by atoms with Gasteiger partial charge in [-0.05, 0) is 56.7 Å². The van der Waals surface area contributed by atoms with E-state index in [-0.39, 0.29) is 12.5 Å².